The van der Waals surface area contributed by atoms with Gasteiger partial charge in [0.05, 0.1) is 19.9 Å². The van der Waals surface area contributed by atoms with Crippen molar-refractivity contribution in [1.82, 2.24) is 9.78 Å². The zero-order chi connectivity index (χ0) is 20.4. The van der Waals surface area contributed by atoms with Gasteiger partial charge in [-0.2, -0.15) is 5.10 Å². The molecule has 0 unspecified atom stereocenters. The van der Waals surface area contributed by atoms with Gasteiger partial charge in [0.1, 0.15) is 17.1 Å². The van der Waals surface area contributed by atoms with Crippen LogP contribution >= 0.6 is 11.6 Å². The van der Waals surface area contributed by atoms with Gasteiger partial charge in [-0.05, 0) is 36.8 Å². The van der Waals surface area contributed by atoms with Crippen LogP contribution in [0.25, 0.3) is 16.9 Å². The molecule has 0 fully saturated rings. The lowest BCUT2D eigenvalue weighted by atomic mass is 10.0. The van der Waals surface area contributed by atoms with E-state index in [4.69, 9.17) is 21.1 Å². The van der Waals surface area contributed by atoms with Gasteiger partial charge in [0.2, 0.25) is 0 Å². The average molecular weight is 403 g/mol. The van der Waals surface area contributed by atoms with E-state index in [-0.39, 0.29) is 27.5 Å². The van der Waals surface area contributed by atoms with Crippen LogP contribution in [-0.2, 0) is 9.47 Å². The molecule has 0 bridgehead atoms. The van der Waals surface area contributed by atoms with E-state index in [1.54, 1.807) is 37.3 Å². The number of aromatic nitrogens is 2. The Morgan fingerprint density at radius 3 is 2.32 bits per heavy atom. The second-order valence-electron chi connectivity index (χ2n) is 5.88. The first-order valence-electron chi connectivity index (χ1n) is 8.20. The molecular weight excluding hydrogens is 387 g/mol. The molecule has 0 amide bonds. The summed E-state index contributed by atoms with van der Waals surface area (Å²) in [5.41, 5.74) is 0.685. The summed E-state index contributed by atoms with van der Waals surface area (Å²) < 4.78 is 25.6. The van der Waals surface area contributed by atoms with Crippen LogP contribution in [0.4, 0.5) is 4.39 Å². The zero-order valence-corrected chi connectivity index (χ0v) is 16.1. The fourth-order valence-corrected chi connectivity index (χ4v) is 2.93. The number of aryl methyl sites for hydroxylation is 1. The van der Waals surface area contributed by atoms with E-state index >= 15 is 0 Å². The molecule has 0 spiro atoms. The minimum Gasteiger partial charge on any atom is -0.465 e. The minimum atomic E-state index is -0.843. The SMILES string of the molecule is COC(=O)c1c(-c2cc(C)c(Cl)cc2F)nn(-c2ccccc2)c1C(=O)OC. The van der Waals surface area contributed by atoms with E-state index in [1.165, 1.54) is 17.9 Å². The Labute approximate surface area is 165 Å². The van der Waals surface area contributed by atoms with Gasteiger partial charge in [-0.1, -0.05) is 29.8 Å². The molecule has 8 heteroatoms. The van der Waals surface area contributed by atoms with E-state index in [1.807, 2.05) is 0 Å². The average Bonchev–Trinajstić information content (AvgIpc) is 3.10. The van der Waals surface area contributed by atoms with Crippen LogP contribution in [0.2, 0.25) is 5.02 Å². The number of halogens is 2. The normalized spacial score (nSPS) is 10.6. The summed E-state index contributed by atoms with van der Waals surface area (Å²) in [4.78, 5) is 25.0. The van der Waals surface area contributed by atoms with Crippen LogP contribution in [0.3, 0.4) is 0 Å². The minimum absolute atomic E-state index is 0.0159. The molecule has 0 saturated heterocycles. The van der Waals surface area contributed by atoms with Gasteiger partial charge in [0.25, 0.3) is 0 Å². The molecule has 6 nitrogen and oxygen atoms in total. The number of benzene rings is 2. The molecule has 144 valence electrons. The van der Waals surface area contributed by atoms with Crippen molar-refractivity contribution in [2.75, 3.05) is 14.2 Å². The number of carbonyl (C=O) groups excluding carboxylic acids is 2. The van der Waals surface area contributed by atoms with Crippen molar-refractivity contribution in [3.8, 4) is 16.9 Å². The zero-order valence-electron chi connectivity index (χ0n) is 15.3. The molecule has 1 aromatic heterocycles. The Bertz CT molecular complexity index is 1060. The molecule has 1 heterocycles. The van der Waals surface area contributed by atoms with Crippen LogP contribution in [0.1, 0.15) is 26.4 Å². The fourth-order valence-electron chi connectivity index (χ4n) is 2.78. The van der Waals surface area contributed by atoms with Crippen molar-refractivity contribution in [2.24, 2.45) is 0 Å². The Balaban J connectivity index is 2.40. The van der Waals surface area contributed by atoms with Crippen molar-refractivity contribution in [3.05, 3.63) is 70.1 Å². The first-order chi connectivity index (χ1) is 13.4. The van der Waals surface area contributed by atoms with E-state index < -0.39 is 17.8 Å². The lowest BCUT2D eigenvalue weighted by Gasteiger charge is -2.07. The summed E-state index contributed by atoms with van der Waals surface area (Å²) in [5.74, 6) is -2.34. The van der Waals surface area contributed by atoms with Crippen LogP contribution in [0.15, 0.2) is 42.5 Å². The highest BCUT2D eigenvalue weighted by molar-refractivity contribution is 6.31. The van der Waals surface area contributed by atoms with Gasteiger partial charge in [0.15, 0.2) is 5.69 Å². The second-order valence-corrected chi connectivity index (χ2v) is 6.29. The number of esters is 2. The topological polar surface area (TPSA) is 70.4 Å². The molecule has 28 heavy (non-hydrogen) atoms. The van der Waals surface area contributed by atoms with Crippen LogP contribution in [0.5, 0.6) is 0 Å². The summed E-state index contributed by atoms with van der Waals surface area (Å²) in [6.45, 7) is 1.69. The van der Waals surface area contributed by atoms with Crippen molar-refractivity contribution in [3.63, 3.8) is 0 Å². The largest absolute Gasteiger partial charge is 0.465 e. The van der Waals surface area contributed by atoms with E-state index in [9.17, 15) is 14.0 Å². The predicted octanol–water partition coefficient (Wildman–Crippen LogP) is 4.21. The Hall–Kier alpha value is -3.19. The Kier molecular flexibility index (Phi) is 5.46. The summed E-state index contributed by atoms with van der Waals surface area (Å²) in [5, 5.41) is 4.59. The van der Waals surface area contributed by atoms with E-state index in [0.717, 1.165) is 13.2 Å². The molecule has 0 atom stereocenters. The molecule has 0 N–H and O–H groups in total. The van der Waals surface area contributed by atoms with E-state index in [2.05, 4.69) is 5.10 Å². The molecule has 0 aliphatic rings. The highest BCUT2D eigenvalue weighted by Gasteiger charge is 2.32. The maximum absolute atomic E-state index is 14.7. The third-order valence-electron chi connectivity index (χ3n) is 4.16. The number of nitrogens with zero attached hydrogens (tertiary/aromatic N) is 2. The van der Waals surface area contributed by atoms with Gasteiger partial charge in [-0.25, -0.2) is 18.7 Å². The van der Waals surface area contributed by atoms with Crippen molar-refractivity contribution < 1.29 is 23.5 Å². The van der Waals surface area contributed by atoms with Crippen molar-refractivity contribution in [1.29, 1.82) is 0 Å². The summed E-state index contributed by atoms with van der Waals surface area (Å²) in [6.07, 6.45) is 0. The first kappa shape index (κ1) is 19.6. The lowest BCUT2D eigenvalue weighted by molar-refractivity contribution is 0.0549. The highest BCUT2D eigenvalue weighted by atomic mass is 35.5. The summed E-state index contributed by atoms with van der Waals surface area (Å²) in [7, 11) is 2.34. The summed E-state index contributed by atoms with van der Waals surface area (Å²) in [6, 6.07) is 11.2. The number of hydrogen-bond acceptors (Lipinski definition) is 5. The quantitative estimate of drug-likeness (QED) is 0.611. The molecule has 3 aromatic rings. The predicted molar refractivity (Wildman–Crippen MR) is 101 cm³/mol. The molecular formula is C20H16ClFN2O4. The maximum atomic E-state index is 14.7. The number of carbonyl (C=O) groups is 2. The monoisotopic (exact) mass is 402 g/mol. The number of para-hydroxylation sites is 1. The van der Waals surface area contributed by atoms with Gasteiger partial charge < -0.3 is 9.47 Å². The molecule has 0 radical (unpaired) electrons. The maximum Gasteiger partial charge on any atom is 0.357 e. The fraction of sp³-hybridized carbons (Fsp3) is 0.150. The van der Waals surface area contributed by atoms with Crippen molar-refractivity contribution >= 4 is 23.5 Å². The first-order valence-corrected chi connectivity index (χ1v) is 8.58. The Morgan fingerprint density at radius 2 is 1.71 bits per heavy atom. The standard InChI is InChI=1S/C20H16ClFN2O4/c1-11-9-13(15(22)10-14(11)21)17-16(19(25)27-2)18(20(26)28-3)24(23-17)12-7-5-4-6-8-12/h4-10H,1-3H3. The second kappa shape index (κ2) is 7.82. The molecule has 0 aliphatic carbocycles. The van der Waals surface area contributed by atoms with Gasteiger partial charge in [-0.3, -0.25) is 0 Å². The molecule has 0 saturated carbocycles. The third-order valence-corrected chi connectivity index (χ3v) is 4.57. The summed E-state index contributed by atoms with van der Waals surface area (Å²) >= 11 is 5.98. The lowest BCUT2D eigenvalue weighted by Crippen LogP contribution is -2.15. The molecule has 2 aromatic carbocycles. The number of hydrogen-bond donors (Lipinski definition) is 0. The molecule has 0 aliphatic heterocycles. The van der Waals surface area contributed by atoms with E-state index in [0.29, 0.717) is 11.3 Å². The van der Waals surface area contributed by atoms with Crippen molar-refractivity contribution in [2.45, 2.75) is 6.92 Å². The number of ether oxygens (including phenoxy) is 2. The number of methoxy groups -OCH3 is 2. The van der Waals surface area contributed by atoms with Crippen LogP contribution in [0, 0.1) is 12.7 Å². The third kappa shape index (κ3) is 3.36. The van der Waals surface area contributed by atoms with Gasteiger partial charge >= 0.3 is 11.9 Å². The molecule has 3 rings (SSSR count). The highest BCUT2D eigenvalue weighted by Crippen LogP contribution is 2.33. The number of rotatable bonds is 4. The van der Waals surface area contributed by atoms with Crippen LogP contribution < -0.4 is 0 Å². The van der Waals surface area contributed by atoms with Gasteiger partial charge in [0, 0.05) is 10.6 Å². The van der Waals surface area contributed by atoms with Crippen LogP contribution in [-0.4, -0.2) is 35.9 Å². The smallest absolute Gasteiger partial charge is 0.357 e. The Morgan fingerprint density at radius 1 is 1.07 bits per heavy atom. The van der Waals surface area contributed by atoms with Gasteiger partial charge in [-0.15, -0.1) is 0 Å².